The van der Waals surface area contributed by atoms with Gasteiger partial charge in [0.05, 0.1) is 38.2 Å². The van der Waals surface area contributed by atoms with Crippen LogP contribution in [-0.4, -0.2) is 43.7 Å². The van der Waals surface area contributed by atoms with Crippen LogP contribution in [0.5, 0.6) is 0 Å². The van der Waals surface area contributed by atoms with Crippen LogP contribution in [0.2, 0.25) is 0 Å². The Hall–Kier alpha value is -3.03. The minimum Gasteiger partial charge on any atom is -0.368 e. The minimum atomic E-state index is -4.72. The van der Waals surface area contributed by atoms with Gasteiger partial charge < -0.3 is 15.2 Å². The third-order valence-electron chi connectivity index (χ3n) is 5.33. The van der Waals surface area contributed by atoms with Crippen molar-refractivity contribution < 1.29 is 22.5 Å². The highest BCUT2D eigenvalue weighted by Crippen LogP contribution is 2.39. The Bertz CT molecular complexity index is 1220. The number of halogens is 5. The summed E-state index contributed by atoms with van der Waals surface area (Å²) in [6, 6.07) is 2.80. The summed E-state index contributed by atoms with van der Waals surface area (Å²) < 4.78 is 57.0. The van der Waals surface area contributed by atoms with Crippen molar-refractivity contribution in [2.45, 2.75) is 24.7 Å². The van der Waals surface area contributed by atoms with Crippen LogP contribution < -0.4 is 10.6 Å². The number of fused-ring (bicyclic) bond motifs is 1. The molecule has 0 spiro atoms. The molecule has 2 N–H and O–H groups in total. The summed E-state index contributed by atoms with van der Waals surface area (Å²) in [6.45, 7) is -0.0980. The number of aryl methyl sites for hydroxylation is 1. The zero-order chi connectivity index (χ0) is 23.4. The molecule has 4 rings (SSSR count). The zero-order valence-electron chi connectivity index (χ0n) is 16.5. The molecule has 32 heavy (non-hydrogen) atoms. The van der Waals surface area contributed by atoms with Crippen LogP contribution in [0.15, 0.2) is 22.8 Å². The molecular formula is C18H16BrF4N7O2. The molecule has 1 saturated heterocycles. The van der Waals surface area contributed by atoms with E-state index in [1.54, 1.807) is 11.6 Å². The van der Waals surface area contributed by atoms with Crippen molar-refractivity contribution in [2.75, 3.05) is 23.7 Å². The number of alkyl halides is 4. The van der Waals surface area contributed by atoms with Gasteiger partial charge in [0.25, 0.3) is 5.69 Å². The molecule has 0 radical (unpaired) electrons. The Kier molecular flexibility index (Phi) is 5.43. The monoisotopic (exact) mass is 517 g/mol. The fourth-order valence-corrected chi connectivity index (χ4v) is 4.43. The van der Waals surface area contributed by atoms with Crippen molar-refractivity contribution in [3.05, 3.63) is 44.2 Å². The Labute approximate surface area is 186 Å². The number of hydrogen-bond donors (Lipinski definition) is 1. The second-order valence-corrected chi connectivity index (χ2v) is 8.33. The van der Waals surface area contributed by atoms with Gasteiger partial charge in [-0.3, -0.25) is 10.1 Å². The molecule has 2 atom stereocenters. The number of imidazole rings is 1. The number of nitro groups is 1. The highest BCUT2D eigenvalue weighted by molar-refractivity contribution is 9.10. The summed E-state index contributed by atoms with van der Waals surface area (Å²) in [5.41, 5.74) is 4.74. The summed E-state index contributed by atoms with van der Waals surface area (Å²) in [5.74, 6) is -0.975. The molecule has 1 aliphatic heterocycles. The number of anilines is 2. The molecule has 170 valence electrons. The van der Waals surface area contributed by atoms with Gasteiger partial charge in [-0.05, 0) is 28.4 Å². The van der Waals surface area contributed by atoms with Gasteiger partial charge in [0.15, 0.2) is 0 Å². The predicted octanol–water partition coefficient (Wildman–Crippen LogP) is 3.97. The van der Waals surface area contributed by atoms with E-state index in [1.165, 1.54) is 17.0 Å². The predicted molar refractivity (Wildman–Crippen MR) is 111 cm³/mol. The largest absolute Gasteiger partial charge is 0.419 e. The zero-order valence-corrected chi connectivity index (χ0v) is 18.1. The summed E-state index contributed by atoms with van der Waals surface area (Å²) in [6.07, 6.45) is -5.74. The molecule has 3 heterocycles. The normalized spacial score (nSPS) is 19.5. The number of piperidine rings is 1. The van der Waals surface area contributed by atoms with E-state index in [4.69, 9.17) is 5.73 Å². The number of nitro benzene ring substituents is 1. The van der Waals surface area contributed by atoms with E-state index in [-0.39, 0.29) is 47.3 Å². The van der Waals surface area contributed by atoms with Crippen LogP contribution in [0.25, 0.3) is 11.0 Å². The van der Waals surface area contributed by atoms with Gasteiger partial charge in [0, 0.05) is 31.8 Å². The Morgan fingerprint density at radius 3 is 2.66 bits per heavy atom. The number of nitrogen functional groups attached to an aromatic ring is 1. The molecule has 0 bridgehead atoms. The van der Waals surface area contributed by atoms with Gasteiger partial charge in [0.2, 0.25) is 11.9 Å². The van der Waals surface area contributed by atoms with Gasteiger partial charge in [-0.25, -0.2) is 19.3 Å². The van der Waals surface area contributed by atoms with Crippen molar-refractivity contribution >= 4 is 44.5 Å². The van der Waals surface area contributed by atoms with Crippen LogP contribution in [0, 0.1) is 10.1 Å². The first-order valence-electron chi connectivity index (χ1n) is 9.34. The fourth-order valence-electron chi connectivity index (χ4n) is 3.95. The van der Waals surface area contributed by atoms with Gasteiger partial charge in [0.1, 0.15) is 6.17 Å². The molecule has 0 unspecified atom stereocenters. The van der Waals surface area contributed by atoms with E-state index in [2.05, 4.69) is 30.9 Å². The van der Waals surface area contributed by atoms with Crippen molar-refractivity contribution in [1.82, 2.24) is 19.5 Å². The van der Waals surface area contributed by atoms with Crippen LogP contribution in [0.3, 0.4) is 0 Å². The third-order valence-corrected chi connectivity index (χ3v) is 5.97. The quantitative estimate of drug-likeness (QED) is 0.317. The smallest absolute Gasteiger partial charge is 0.368 e. The summed E-state index contributed by atoms with van der Waals surface area (Å²) in [4.78, 5) is 23.8. The third kappa shape index (κ3) is 3.94. The topological polar surface area (TPSA) is 116 Å². The first-order valence-corrected chi connectivity index (χ1v) is 10.1. The van der Waals surface area contributed by atoms with Crippen molar-refractivity contribution in [3.8, 4) is 0 Å². The standard InChI is InChI=1S/C18H16BrF4N7O2/c1-28-14-3-11(19)13(30(31)32)4-12(14)26-17(28)29-6-8(2-9(20)7-29)15-10(18(21,22)23)5-25-16(24)27-15/h3-5,8-9H,2,6-7H2,1H3,(H2,24,25,27)/t8-,9-/m1/s1. The molecule has 1 aliphatic rings. The van der Waals surface area contributed by atoms with Crippen LogP contribution in [-0.2, 0) is 13.2 Å². The molecule has 9 nitrogen and oxygen atoms in total. The Morgan fingerprint density at radius 1 is 1.28 bits per heavy atom. The molecule has 3 aromatic rings. The molecule has 14 heteroatoms. The highest BCUT2D eigenvalue weighted by Gasteiger charge is 2.40. The SMILES string of the molecule is Cn1c(N2C[C@H](F)C[C@@H](c3nc(N)ncc3C(F)(F)F)C2)nc2cc([N+](=O)[O-])c(Br)cc21. The summed E-state index contributed by atoms with van der Waals surface area (Å²) in [5, 5.41) is 11.2. The lowest BCUT2D eigenvalue weighted by molar-refractivity contribution is -0.385. The van der Waals surface area contributed by atoms with Crippen LogP contribution in [0.4, 0.5) is 35.1 Å². The lowest BCUT2D eigenvalue weighted by Crippen LogP contribution is -2.42. The molecule has 1 aromatic carbocycles. The first kappa shape index (κ1) is 22.2. The number of benzene rings is 1. The van der Waals surface area contributed by atoms with Crippen molar-refractivity contribution in [1.29, 1.82) is 0 Å². The molecule has 0 saturated carbocycles. The number of aromatic nitrogens is 4. The van der Waals surface area contributed by atoms with Crippen molar-refractivity contribution in [3.63, 3.8) is 0 Å². The lowest BCUT2D eigenvalue weighted by atomic mass is 9.91. The molecular weight excluding hydrogens is 502 g/mol. The van der Waals surface area contributed by atoms with Crippen LogP contribution in [0.1, 0.15) is 23.6 Å². The maximum atomic E-state index is 14.7. The lowest BCUT2D eigenvalue weighted by Gasteiger charge is -2.35. The second-order valence-electron chi connectivity index (χ2n) is 7.48. The van der Waals surface area contributed by atoms with E-state index in [1.807, 2.05) is 0 Å². The second kappa shape index (κ2) is 7.83. The van der Waals surface area contributed by atoms with Crippen molar-refractivity contribution in [2.24, 2.45) is 7.05 Å². The van der Waals surface area contributed by atoms with E-state index in [0.717, 1.165) is 0 Å². The Balaban J connectivity index is 1.75. The average molecular weight is 518 g/mol. The molecule has 0 aliphatic carbocycles. The fraction of sp³-hybridized carbons (Fsp3) is 0.389. The number of nitrogens with zero attached hydrogens (tertiary/aromatic N) is 6. The highest BCUT2D eigenvalue weighted by atomic mass is 79.9. The minimum absolute atomic E-state index is 0.000375. The number of hydrogen-bond acceptors (Lipinski definition) is 7. The molecule has 1 fully saturated rings. The van der Waals surface area contributed by atoms with E-state index < -0.39 is 28.8 Å². The van der Waals surface area contributed by atoms with E-state index in [9.17, 15) is 27.7 Å². The number of nitrogens with two attached hydrogens (primary N) is 1. The summed E-state index contributed by atoms with van der Waals surface area (Å²) in [7, 11) is 1.64. The first-order chi connectivity index (χ1) is 15.0. The molecule has 2 aromatic heterocycles. The van der Waals surface area contributed by atoms with Gasteiger partial charge in [-0.15, -0.1) is 0 Å². The summed E-state index contributed by atoms with van der Waals surface area (Å²) >= 11 is 3.15. The Morgan fingerprint density at radius 2 is 2.00 bits per heavy atom. The van der Waals surface area contributed by atoms with E-state index >= 15 is 0 Å². The average Bonchev–Trinajstić information content (AvgIpc) is 3.01. The van der Waals surface area contributed by atoms with Gasteiger partial charge >= 0.3 is 6.18 Å². The molecule has 0 amide bonds. The number of rotatable bonds is 3. The van der Waals surface area contributed by atoms with Gasteiger partial charge in [-0.2, -0.15) is 13.2 Å². The van der Waals surface area contributed by atoms with Gasteiger partial charge in [-0.1, -0.05) is 0 Å². The maximum Gasteiger partial charge on any atom is 0.419 e. The van der Waals surface area contributed by atoms with Crippen LogP contribution >= 0.6 is 15.9 Å². The van der Waals surface area contributed by atoms with E-state index in [0.29, 0.717) is 17.2 Å². The maximum absolute atomic E-state index is 14.7.